The topological polar surface area (TPSA) is 30.7 Å². The Balaban J connectivity index is 2.53. The van der Waals surface area contributed by atoms with Gasteiger partial charge in [0.25, 0.3) is 0 Å². The lowest BCUT2D eigenvalue weighted by molar-refractivity contribution is 0.752. The Morgan fingerprint density at radius 2 is 1.46 bits per heavy atom. The third-order valence-corrected chi connectivity index (χ3v) is 1.93. The minimum Gasteiger partial charge on any atom is -0.157 e. The van der Waals surface area contributed by atoms with Gasteiger partial charge in [-0.15, -0.1) is 0 Å². The van der Waals surface area contributed by atoms with E-state index in [0.717, 1.165) is 5.69 Å². The lowest BCUT2D eigenvalue weighted by Crippen LogP contribution is -1.97. The number of hydrogen-bond donors (Lipinski definition) is 0. The molecule has 0 amide bonds. The average molecular weight is 214 g/mol. The van der Waals surface area contributed by atoms with Gasteiger partial charge in [-0.25, -0.2) is 0 Å². The highest BCUT2D eigenvalue weighted by atomic mass is 35.5. The van der Waals surface area contributed by atoms with Crippen molar-refractivity contribution in [3.63, 3.8) is 0 Å². The zero-order chi connectivity index (χ0) is 9.26. The van der Waals surface area contributed by atoms with Gasteiger partial charge in [0.15, 0.2) is 0 Å². The average Bonchev–Trinajstić information content (AvgIpc) is 2.53. The van der Waals surface area contributed by atoms with Crippen LogP contribution in [0.2, 0.25) is 10.0 Å². The summed E-state index contributed by atoms with van der Waals surface area (Å²) < 4.78 is 0. The normalized spacial score (nSPS) is 10.3. The maximum atomic E-state index is 5.81. The molecule has 0 aliphatic heterocycles. The standard InChI is InChI=1S/C8H5Cl2N3/c9-6-3-7(10)5-8(4-6)13-11-1-2-12-13/h1-5H. The van der Waals surface area contributed by atoms with Gasteiger partial charge in [0, 0.05) is 10.0 Å². The molecule has 13 heavy (non-hydrogen) atoms. The van der Waals surface area contributed by atoms with Gasteiger partial charge in [-0.2, -0.15) is 15.0 Å². The molecular weight excluding hydrogens is 209 g/mol. The first kappa shape index (κ1) is 8.53. The first-order valence-corrected chi connectivity index (χ1v) is 4.34. The highest BCUT2D eigenvalue weighted by Crippen LogP contribution is 2.20. The van der Waals surface area contributed by atoms with Crippen molar-refractivity contribution in [2.45, 2.75) is 0 Å². The predicted molar refractivity (Wildman–Crippen MR) is 51.4 cm³/mol. The molecule has 3 nitrogen and oxygen atoms in total. The number of rotatable bonds is 1. The molecule has 0 radical (unpaired) electrons. The molecule has 2 rings (SSSR count). The first-order chi connectivity index (χ1) is 6.25. The van der Waals surface area contributed by atoms with E-state index in [-0.39, 0.29) is 0 Å². The lowest BCUT2D eigenvalue weighted by Gasteiger charge is -2.00. The number of aromatic nitrogens is 3. The Hall–Kier alpha value is -1.06. The zero-order valence-corrected chi connectivity index (χ0v) is 8.00. The SMILES string of the molecule is Clc1cc(Cl)cc(-n2nccn2)c1. The van der Waals surface area contributed by atoms with E-state index < -0.39 is 0 Å². The largest absolute Gasteiger partial charge is 0.157 e. The molecule has 2 aromatic rings. The summed E-state index contributed by atoms with van der Waals surface area (Å²) in [5.74, 6) is 0. The van der Waals surface area contributed by atoms with Crippen LogP contribution in [0.1, 0.15) is 0 Å². The monoisotopic (exact) mass is 213 g/mol. The number of hydrogen-bond acceptors (Lipinski definition) is 2. The maximum absolute atomic E-state index is 5.81. The van der Waals surface area contributed by atoms with E-state index in [1.165, 1.54) is 4.80 Å². The number of benzene rings is 1. The maximum Gasteiger partial charge on any atom is 0.0886 e. The van der Waals surface area contributed by atoms with E-state index in [1.807, 2.05) is 0 Å². The molecule has 1 aromatic heterocycles. The van der Waals surface area contributed by atoms with Crippen LogP contribution in [0, 0.1) is 0 Å². The third-order valence-electron chi connectivity index (χ3n) is 1.50. The van der Waals surface area contributed by atoms with Crippen LogP contribution in [0.5, 0.6) is 0 Å². The van der Waals surface area contributed by atoms with Gasteiger partial charge < -0.3 is 0 Å². The Labute approximate surface area is 84.9 Å². The molecule has 0 N–H and O–H groups in total. The van der Waals surface area contributed by atoms with Crippen molar-refractivity contribution in [3.8, 4) is 5.69 Å². The Morgan fingerprint density at radius 3 is 2.00 bits per heavy atom. The van der Waals surface area contributed by atoms with Crippen molar-refractivity contribution < 1.29 is 0 Å². The molecule has 1 aromatic carbocycles. The van der Waals surface area contributed by atoms with Crippen LogP contribution in [-0.2, 0) is 0 Å². The van der Waals surface area contributed by atoms with Crippen LogP contribution in [0.25, 0.3) is 5.69 Å². The van der Waals surface area contributed by atoms with Crippen LogP contribution in [-0.4, -0.2) is 15.0 Å². The van der Waals surface area contributed by atoms with Crippen LogP contribution in [0.15, 0.2) is 30.6 Å². The third kappa shape index (κ3) is 1.82. The summed E-state index contributed by atoms with van der Waals surface area (Å²) in [6.07, 6.45) is 3.18. The lowest BCUT2D eigenvalue weighted by atomic mass is 10.3. The Bertz CT molecular complexity index is 391. The summed E-state index contributed by atoms with van der Waals surface area (Å²) in [5.41, 5.74) is 0.752. The van der Waals surface area contributed by atoms with Gasteiger partial charge in [-0.3, -0.25) is 0 Å². The Kier molecular flexibility index (Phi) is 2.20. The van der Waals surface area contributed by atoms with E-state index in [0.29, 0.717) is 10.0 Å². The molecular formula is C8H5Cl2N3. The molecule has 0 fully saturated rings. The van der Waals surface area contributed by atoms with Crippen molar-refractivity contribution in [1.29, 1.82) is 0 Å². The highest BCUT2D eigenvalue weighted by Gasteiger charge is 2.00. The van der Waals surface area contributed by atoms with Crippen molar-refractivity contribution in [1.82, 2.24) is 15.0 Å². The minimum absolute atomic E-state index is 0.569. The van der Waals surface area contributed by atoms with Crippen LogP contribution < -0.4 is 0 Å². The fourth-order valence-corrected chi connectivity index (χ4v) is 1.52. The van der Waals surface area contributed by atoms with Gasteiger partial charge in [0.1, 0.15) is 0 Å². The second kappa shape index (κ2) is 3.36. The van der Waals surface area contributed by atoms with Crippen molar-refractivity contribution in [2.75, 3.05) is 0 Å². The Morgan fingerprint density at radius 1 is 0.923 bits per heavy atom. The molecule has 0 unspecified atom stereocenters. The molecule has 66 valence electrons. The van der Waals surface area contributed by atoms with E-state index in [1.54, 1.807) is 30.6 Å². The summed E-state index contributed by atoms with van der Waals surface area (Å²) >= 11 is 11.6. The van der Waals surface area contributed by atoms with Crippen LogP contribution >= 0.6 is 23.2 Å². The first-order valence-electron chi connectivity index (χ1n) is 3.58. The summed E-state index contributed by atoms with van der Waals surface area (Å²) in [4.78, 5) is 1.46. The molecule has 0 saturated heterocycles. The van der Waals surface area contributed by atoms with E-state index in [9.17, 15) is 0 Å². The van der Waals surface area contributed by atoms with Crippen molar-refractivity contribution in [3.05, 3.63) is 40.6 Å². The van der Waals surface area contributed by atoms with Gasteiger partial charge >= 0.3 is 0 Å². The van der Waals surface area contributed by atoms with E-state index in [4.69, 9.17) is 23.2 Å². The summed E-state index contributed by atoms with van der Waals surface area (Å²) in [6, 6.07) is 5.15. The molecule has 0 spiro atoms. The number of halogens is 2. The smallest absolute Gasteiger partial charge is 0.0886 e. The second-order valence-corrected chi connectivity index (χ2v) is 3.32. The molecule has 5 heteroatoms. The molecule has 1 heterocycles. The van der Waals surface area contributed by atoms with Gasteiger partial charge in [0.2, 0.25) is 0 Å². The second-order valence-electron chi connectivity index (χ2n) is 2.45. The molecule has 0 atom stereocenters. The van der Waals surface area contributed by atoms with Crippen LogP contribution in [0.4, 0.5) is 0 Å². The fourth-order valence-electron chi connectivity index (χ4n) is 1.00. The van der Waals surface area contributed by atoms with Gasteiger partial charge in [-0.1, -0.05) is 23.2 Å². The minimum atomic E-state index is 0.569. The van der Waals surface area contributed by atoms with E-state index >= 15 is 0 Å². The van der Waals surface area contributed by atoms with Gasteiger partial charge in [0.05, 0.1) is 18.1 Å². The van der Waals surface area contributed by atoms with E-state index in [2.05, 4.69) is 10.2 Å². The molecule has 0 aliphatic rings. The quantitative estimate of drug-likeness (QED) is 0.730. The molecule has 0 saturated carbocycles. The number of nitrogens with zero attached hydrogens (tertiary/aromatic N) is 3. The summed E-state index contributed by atoms with van der Waals surface area (Å²) in [5, 5.41) is 9.05. The zero-order valence-electron chi connectivity index (χ0n) is 6.48. The van der Waals surface area contributed by atoms with Crippen molar-refractivity contribution in [2.24, 2.45) is 0 Å². The van der Waals surface area contributed by atoms with Crippen LogP contribution in [0.3, 0.4) is 0 Å². The van der Waals surface area contributed by atoms with Gasteiger partial charge in [-0.05, 0) is 18.2 Å². The van der Waals surface area contributed by atoms with Crippen molar-refractivity contribution >= 4 is 23.2 Å². The highest BCUT2D eigenvalue weighted by molar-refractivity contribution is 6.34. The molecule has 0 aliphatic carbocycles. The predicted octanol–water partition coefficient (Wildman–Crippen LogP) is 2.57. The summed E-state index contributed by atoms with van der Waals surface area (Å²) in [6.45, 7) is 0. The summed E-state index contributed by atoms with van der Waals surface area (Å²) in [7, 11) is 0. The molecule has 0 bridgehead atoms. The fraction of sp³-hybridized carbons (Fsp3) is 0.